The van der Waals surface area contributed by atoms with Gasteiger partial charge in [0, 0.05) is 48.7 Å². The van der Waals surface area contributed by atoms with Gasteiger partial charge in [-0.05, 0) is 84.7 Å². The molecule has 7 nitrogen and oxygen atoms in total. The number of hydrogen-bond donors (Lipinski definition) is 1. The van der Waals surface area contributed by atoms with Crippen molar-refractivity contribution in [3.05, 3.63) is 108 Å². The summed E-state index contributed by atoms with van der Waals surface area (Å²) in [6, 6.07) is 32.3. The molecule has 1 unspecified atom stereocenters. The number of rotatable bonds is 2. The maximum absolute atomic E-state index is 13.8. The molecular formula is C39H39N5O2. The monoisotopic (exact) mass is 609 g/mol. The van der Waals surface area contributed by atoms with Crippen molar-refractivity contribution < 1.29 is 9.53 Å². The molecule has 4 aromatic carbocycles. The molecule has 232 valence electrons. The second-order valence-electron chi connectivity index (χ2n) is 12.8. The maximum atomic E-state index is 13.8. The van der Waals surface area contributed by atoms with Crippen molar-refractivity contribution in [2.24, 2.45) is 5.73 Å². The van der Waals surface area contributed by atoms with Crippen molar-refractivity contribution in [2.75, 3.05) is 20.2 Å². The van der Waals surface area contributed by atoms with E-state index in [1.165, 1.54) is 33.2 Å². The highest BCUT2D eigenvalue weighted by Gasteiger charge is 2.26. The van der Waals surface area contributed by atoms with Gasteiger partial charge in [0.1, 0.15) is 11.3 Å². The van der Waals surface area contributed by atoms with Gasteiger partial charge in [-0.3, -0.25) is 4.79 Å². The minimum atomic E-state index is -0.0229. The Morgan fingerprint density at radius 3 is 2.65 bits per heavy atom. The molecule has 2 N–H and O–H groups in total. The van der Waals surface area contributed by atoms with Crippen LogP contribution < -0.4 is 10.5 Å². The summed E-state index contributed by atoms with van der Waals surface area (Å²) in [5, 5.41) is 1.19. The van der Waals surface area contributed by atoms with Gasteiger partial charge < -0.3 is 24.5 Å². The zero-order valence-corrected chi connectivity index (χ0v) is 26.3. The highest BCUT2D eigenvalue weighted by molar-refractivity contribution is 6.00. The number of hydrogen-bond acceptors (Lipinski definition) is 4. The largest absolute Gasteiger partial charge is 0.494 e. The van der Waals surface area contributed by atoms with Crippen LogP contribution in [0.2, 0.25) is 0 Å². The van der Waals surface area contributed by atoms with Gasteiger partial charge in [-0.1, -0.05) is 60.7 Å². The molecule has 0 radical (unpaired) electrons. The Kier molecular flexibility index (Phi) is 7.34. The summed E-state index contributed by atoms with van der Waals surface area (Å²) in [5.74, 6) is 1.49. The number of imidazole rings is 1. The molecule has 2 bridgehead atoms. The van der Waals surface area contributed by atoms with Crippen molar-refractivity contribution in [3.63, 3.8) is 0 Å². The van der Waals surface area contributed by atoms with Crippen molar-refractivity contribution in [1.29, 1.82) is 0 Å². The van der Waals surface area contributed by atoms with Crippen LogP contribution in [0.5, 0.6) is 5.75 Å². The first kappa shape index (κ1) is 28.6. The Bertz CT molecular complexity index is 2090. The van der Waals surface area contributed by atoms with Crippen molar-refractivity contribution in [1.82, 2.24) is 19.0 Å². The van der Waals surface area contributed by atoms with Crippen LogP contribution in [0.3, 0.4) is 0 Å². The molecule has 1 atom stereocenters. The van der Waals surface area contributed by atoms with Gasteiger partial charge in [-0.2, -0.15) is 0 Å². The highest BCUT2D eigenvalue weighted by atomic mass is 16.5. The fraction of sp³-hybridized carbons (Fsp3) is 0.282. The summed E-state index contributed by atoms with van der Waals surface area (Å²) in [7, 11) is 1.68. The minimum absolute atomic E-state index is 0.00910. The summed E-state index contributed by atoms with van der Waals surface area (Å²) in [5.41, 5.74) is 15.8. The number of nitrogens with two attached hydrogens (primary N) is 1. The number of nitrogens with zero attached hydrogens (tertiary/aromatic N) is 4. The number of aryl methyl sites for hydroxylation is 2. The molecule has 46 heavy (non-hydrogen) atoms. The quantitative estimate of drug-likeness (QED) is 0.224. The number of likely N-dealkylation sites (tertiary alicyclic amines) is 1. The third kappa shape index (κ3) is 5.05. The fourth-order valence-corrected chi connectivity index (χ4v) is 7.50. The van der Waals surface area contributed by atoms with Gasteiger partial charge in [0.05, 0.1) is 18.3 Å². The van der Waals surface area contributed by atoms with Crippen LogP contribution in [-0.4, -0.2) is 51.2 Å². The topological polar surface area (TPSA) is 78.3 Å². The molecule has 0 saturated carbocycles. The number of amides is 1. The number of carbonyl (C=O) groups is 1. The van der Waals surface area contributed by atoms with Crippen molar-refractivity contribution in [2.45, 2.75) is 51.2 Å². The molecule has 2 aliphatic rings. The number of benzene rings is 4. The first-order valence-electron chi connectivity index (χ1n) is 16.5. The van der Waals surface area contributed by atoms with Crippen LogP contribution in [-0.2, 0) is 19.5 Å². The molecule has 0 aliphatic carbocycles. The Labute approximate surface area is 269 Å². The number of fused-ring (bicyclic) bond motifs is 11. The molecule has 2 aromatic heterocycles. The van der Waals surface area contributed by atoms with Gasteiger partial charge in [-0.15, -0.1) is 0 Å². The number of piperidine rings is 1. The van der Waals surface area contributed by atoms with Gasteiger partial charge in [0.15, 0.2) is 5.82 Å². The van der Waals surface area contributed by atoms with Crippen LogP contribution in [0, 0.1) is 0 Å². The second kappa shape index (κ2) is 11.8. The summed E-state index contributed by atoms with van der Waals surface area (Å²) >= 11 is 0. The van der Waals surface area contributed by atoms with Crippen LogP contribution in [0.4, 0.5) is 0 Å². The van der Waals surface area contributed by atoms with Gasteiger partial charge in [-0.25, -0.2) is 4.98 Å². The predicted molar refractivity (Wildman–Crippen MR) is 184 cm³/mol. The highest BCUT2D eigenvalue weighted by Crippen LogP contribution is 2.37. The fourth-order valence-electron chi connectivity index (χ4n) is 7.50. The predicted octanol–water partition coefficient (Wildman–Crippen LogP) is 7.28. The minimum Gasteiger partial charge on any atom is -0.494 e. The van der Waals surface area contributed by atoms with E-state index in [2.05, 4.69) is 88.0 Å². The first-order valence-corrected chi connectivity index (χ1v) is 16.5. The molecule has 1 amide bonds. The van der Waals surface area contributed by atoms with E-state index < -0.39 is 0 Å². The van der Waals surface area contributed by atoms with E-state index in [-0.39, 0.29) is 11.9 Å². The zero-order valence-electron chi connectivity index (χ0n) is 26.3. The lowest BCUT2D eigenvalue weighted by molar-refractivity contribution is 0.0708. The summed E-state index contributed by atoms with van der Waals surface area (Å²) < 4.78 is 10.7. The Morgan fingerprint density at radius 2 is 1.76 bits per heavy atom. The number of ether oxygens (including phenoxy) is 1. The Morgan fingerprint density at radius 1 is 0.891 bits per heavy atom. The van der Waals surface area contributed by atoms with E-state index >= 15 is 0 Å². The second-order valence-corrected chi connectivity index (χ2v) is 12.8. The number of para-hydroxylation sites is 1. The van der Waals surface area contributed by atoms with Crippen LogP contribution in [0.1, 0.15) is 47.2 Å². The summed E-state index contributed by atoms with van der Waals surface area (Å²) in [6.45, 7) is 2.77. The maximum Gasteiger partial charge on any atom is 0.254 e. The Hall–Kier alpha value is -4.88. The zero-order chi connectivity index (χ0) is 31.2. The molecule has 6 aromatic rings. The average Bonchev–Trinajstić information content (AvgIpc) is 3.63. The lowest BCUT2D eigenvalue weighted by atomic mass is 9.95. The van der Waals surface area contributed by atoms with Gasteiger partial charge >= 0.3 is 0 Å². The van der Waals surface area contributed by atoms with E-state index in [4.69, 9.17) is 15.5 Å². The summed E-state index contributed by atoms with van der Waals surface area (Å²) in [6.07, 6.45) is 5.02. The molecule has 1 saturated heterocycles. The summed E-state index contributed by atoms with van der Waals surface area (Å²) in [4.78, 5) is 20.9. The van der Waals surface area contributed by atoms with Crippen LogP contribution >= 0.6 is 0 Å². The van der Waals surface area contributed by atoms with Gasteiger partial charge in [0.25, 0.3) is 5.91 Å². The van der Waals surface area contributed by atoms with E-state index in [0.29, 0.717) is 30.9 Å². The van der Waals surface area contributed by atoms with Crippen LogP contribution in [0.25, 0.3) is 44.6 Å². The van der Waals surface area contributed by atoms with Crippen LogP contribution in [0.15, 0.2) is 91.0 Å². The third-order valence-electron chi connectivity index (χ3n) is 9.73. The lowest BCUT2D eigenvalue weighted by Crippen LogP contribution is -2.45. The molecule has 7 heteroatoms. The number of carbonyl (C=O) groups excluding carboxylic acids is 1. The molecule has 0 spiro atoms. The smallest absolute Gasteiger partial charge is 0.254 e. The van der Waals surface area contributed by atoms with Gasteiger partial charge in [0.2, 0.25) is 0 Å². The number of methoxy groups -OCH3 is 1. The van der Waals surface area contributed by atoms with Crippen molar-refractivity contribution >= 4 is 27.8 Å². The molecule has 2 aliphatic heterocycles. The molecule has 1 fully saturated rings. The van der Waals surface area contributed by atoms with E-state index in [9.17, 15) is 4.79 Å². The molecular weight excluding hydrogens is 570 g/mol. The third-order valence-corrected chi connectivity index (χ3v) is 9.73. The van der Waals surface area contributed by atoms with E-state index in [1.54, 1.807) is 7.11 Å². The van der Waals surface area contributed by atoms with E-state index in [1.807, 2.05) is 17.0 Å². The Balaban J connectivity index is 1.35. The van der Waals surface area contributed by atoms with E-state index in [0.717, 1.165) is 61.2 Å². The standard InChI is InChI=1S/C39H39N5O2/c1-46-36-23-30(39(45)42-18-9-15-31(40)25-42)21-33-37(36)44-24-26-10-8-14-28(20-26)32-16-4-2-11-27(32)12-6-7-19-43-34-17-5-3-13-29(34)22-35(43)38(44)41-33/h2-5,8,10-11,13-14,16-17,20-23,31H,6-7,9,12,15,18-19,24-25,40H2,1H3. The SMILES string of the molecule is COc1cc(C(=O)N2CCCC(N)C2)cc2nc3n(c12)Cc1cccc(c1)-c1ccccc1CCCCn1c-3cc2ccccc21. The molecule has 8 rings (SSSR count). The average molecular weight is 610 g/mol. The first-order chi connectivity index (χ1) is 22.6. The van der Waals surface area contributed by atoms with Crippen molar-refractivity contribution in [3.8, 4) is 28.4 Å². The lowest BCUT2D eigenvalue weighted by Gasteiger charge is -2.30. The number of aromatic nitrogens is 3. The molecule has 4 heterocycles. The normalized spacial score (nSPS) is 16.8.